The maximum Gasteiger partial charge on any atom is 0.228 e. The van der Waals surface area contributed by atoms with Gasteiger partial charge in [-0.1, -0.05) is 49.2 Å². The van der Waals surface area contributed by atoms with Crippen molar-refractivity contribution >= 4 is 56.8 Å². The topological polar surface area (TPSA) is 45.0 Å². The molecule has 0 aliphatic carbocycles. The highest BCUT2D eigenvalue weighted by Crippen LogP contribution is 2.27. The third-order valence-corrected chi connectivity index (χ3v) is 6.18. The highest BCUT2D eigenvalue weighted by molar-refractivity contribution is 7.84. The Balaban J connectivity index is 1.86. The van der Waals surface area contributed by atoms with Crippen molar-refractivity contribution in [3.05, 3.63) is 64.1 Å². The van der Waals surface area contributed by atoms with Gasteiger partial charge in [-0.3, -0.25) is 0 Å². The molecule has 0 saturated heterocycles. The first kappa shape index (κ1) is 20.3. The zero-order valence-electron chi connectivity index (χ0n) is 14.8. The van der Waals surface area contributed by atoms with Crippen molar-refractivity contribution in [3.63, 3.8) is 0 Å². The van der Waals surface area contributed by atoms with E-state index in [-0.39, 0.29) is 11.2 Å². The van der Waals surface area contributed by atoms with Crippen LogP contribution in [-0.4, -0.2) is 26.8 Å². The van der Waals surface area contributed by atoms with Gasteiger partial charge in [-0.15, -0.1) is 0 Å². The Morgan fingerprint density at radius 3 is 2.22 bits per heavy atom. The molecule has 0 saturated carbocycles. The molecule has 142 valence electrons. The minimum atomic E-state index is -1.63. The van der Waals surface area contributed by atoms with Gasteiger partial charge in [-0.25, -0.2) is 9.22 Å². The predicted molar refractivity (Wildman–Crippen MR) is 114 cm³/mol. The fraction of sp³-hybridized carbons (Fsp3) is 0.263. The van der Waals surface area contributed by atoms with E-state index in [2.05, 4.69) is 23.3 Å². The van der Waals surface area contributed by atoms with Crippen molar-refractivity contribution < 1.29 is 4.21 Å². The van der Waals surface area contributed by atoms with Crippen LogP contribution in [0.3, 0.4) is 0 Å². The van der Waals surface area contributed by atoms with Crippen molar-refractivity contribution in [2.75, 3.05) is 6.54 Å². The number of hydrazone groups is 1. The van der Waals surface area contributed by atoms with Gasteiger partial charge in [0.2, 0.25) is 5.29 Å². The average molecular weight is 443 g/mol. The first-order valence-corrected chi connectivity index (χ1v) is 10.6. The van der Waals surface area contributed by atoms with Gasteiger partial charge in [0.05, 0.1) is 17.2 Å². The second-order valence-electron chi connectivity index (χ2n) is 6.49. The van der Waals surface area contributed by atoms with E-state index in [9.17, 15) is 4.21 Å². The van der Waals surface area contributed by atoms with Crippen LogP contribution in [0.2, 0.25) is 10.0 Å². The Labute approximate surface area is 176 Å². The molecular formula is C19H18Cl3N3OS. The molecule has 0 aromatic heterocycles. The Kier molecular flexibility index (Phi) is 6.58. The second-order valence-corrected chi connectivity index (χ2v) is 8.85. The van der Waals surface area contributed by atoms with Crippen LogP contribution in [0.1, 0.15) is 19.4 Å². The van der Waals surface area contributed by atoms with Crippen molar-refractivity contribution in [2.24, 2.45) is 21.3 Å². The number of amidine groups is 1. The Hall–Kier alpha value is -1.40. The van der Waals surface area contributed by atoms with E-state index >= 15 is 0 Å². The number of hydrogen-bond acceptors (Lipinski definition) is 2. The van der Waals surface area contributed by atoms with Crippen LogP contribution >= 0.6 is 34.8 Å². The van der Waals surface area contributed by atoms with E-state index in [0.717, 1.165) is 11.3 Å². The largest absolute Gasteiger partial charge is 0.237 e. The highest BCUT2D eigenvalue weighted by atomic mass is 35.5. The van der Waals surface area contributed by atoms with Crippen molar-refractivity contribution in [1.82, 2.24) is 5.01 Å². The van der Waals surface area contributed by atoms with E-state index in [1.54, 1.807) is 29.3 Å². The zero-order valence-corrected chi connectivity index (χ0v) is 17.9. The lowest BCUT2D eigenvalue weighted by Gasteiger charge is -2.17. The lowest BCUT2D eigenvalue weighted by Crippen LogP contribution is -2.26. The third kappa shape index (κ3) is 4.91. The monoisotopic (exact) mass is 441 g/mol. The summed E-state index contributed by atoms with van der Waals surface area (Å²) in [6, 6.07) is 14.2. The molecule has 3 rings (SSSR count). The lowest BCUT2D eigenvalue weighted by molar-refractivity contribution is 0.397. The van der Waals surface area contributed by atoms with E-state index < -0.39 is 11.0 Å². The van der Waals surface area contributed by atoms with Gasteiger partial charge in [0, 0.05) is 16.0 Å². The van der Waals surface area contributed by atoms with Gasteiger partial charge in [-0.05, 0) is 59.5 Å². The smallest absolute Gasteiger partial charge is 0.228 e. The van der Waals surface area contributed by atoms with Crippen LogP contribution in [0.5, 0.6) is 0 Å². The van der Waals surface area contributed by atoms with E-state index in [0.29, 0.717) is 27.4 Å². The zero-order chi connectivity index (χ0) is 19.6. The molecule has 2 atom stereocenters. The molecule has 1 aliphatic heterocycles. The van der Waals surface area contributed by atoms with Gasteiger partial charge in [0.25, 0.3) is 0 Å². The molecule has 0 radical (unpaired) electrons. The molecule has 0 fully saturated rings. The Morgan fingerprint density at radius 1 is 1.11 bits per heavy atom. The van der Waals surface area contributed by atoms with Gasteiger partial charge in [0.15, 0.2) is 11.0 Å². The number of rotatable bonds is 4. The van der Waals surface area contributed by atoms with Crippen LogP contribution in [0.25, 0.3) is 0 Å². The molecule has 4 nitrogen and oxygen atoms in total. The summed E-state index contributed by atoms with van der Waals surface area (Å²) in [5.74, 6) is 0.537. The average Bonchev–Trinajstić information content (AvgIpc) is 3.08. The van der Waals surface area contributed by atoms with E-state index in [1.807, 2.05) is 24.3 Å². The van der Waals surface area contributed by atoms with Gasteiger partial charge in [0.1, 0.15) is 0 Å². The highest BCUT2D eigenvalue weighted by Gasteiger charge is 2.32. The molecule has 2 aromatic carbocycles. The molecule has 0 amide bonds. The normalized spacial score (nSPS) is 18.7. The number of halogens is 3. The summed E-state index contributed by atoms with van der Waals surface area (Å²) < 4.78 is 16.5. The summed E-state index contributed by atoms with van der Waals surface area (Å²) in [4.78, 5) is 0.527. The number of nitrogens with zero attached hydrogens (tertiary/aromatic N) is 3. The fourth-order valence-corrected chi connectivity index (χ4v) is 4.02. The maximum absolute atomic E-state index is 12.4. The molecule has 1 aliphatic rings. The van der Waals surface area contributed by atoms with Crippen LogP contribution in [0.15, 0.2) is 62.9 Å². The SMILES string of the molecule is CC(C)C1CN(/C(Cl)=N\S(=O)c2ccc(Cl)cc2)N=C1c1ccc(Cl)cc1. The van der Waals surface area contributed by atoms with Gasteiger partial charge >= 0.3 is 0 Å². The van der Waals surface area contributed by atoms with E-state index in [4.69, 9.17) is 34.8 Å². The summed E-state index contributed by atoms with van der Waals surface area (Å²) in [6.07, 6.45) is 0. The molecule has 2 unspecified atom stereocenters. The second kappa shape index (κ2) is 8.74. The molecule has 0 N–H and O–H groups in total. The van der Waals surface area contributed by atoms with E-state index in [1.165, 1.54) is 0 Å². The minimum Gasteiger partial charge on any atom is -0.237 e. The van der Waals surface area contributed by atoms with Crippen LogP contribution in [0.4, 0.5) is 0 Å². The predicted octanol–water partition coefficient (Wildman–Crippen LogP) is 5.60. The Bertz CT molecular complexity index is 895. The molecule has 27 heavy (non-hydrogen) atoms. The number of hydrogen-bond donors (Lipinski definition) is 0. The molecule has 1 heterocycles. The molecule has 2 aromatic rings. The van der Waals surface area contributed by atoms with Crippen molar-refractivity contribution in [1.29, 1.82) is 0 Å². The first-order valence-electron chi connectivity index (χ1n) is 8.39. The quantitative estimate of drug-likeness (QED) is 0.351. The van der Waals surface area contributed by atoms with Crippen LogP contribution in [0, 0.1) is 11.8 Å². The van der Waals surface area contributed by atoms with Crippen LogP contribution < -0.4 is 0 Å². The molecule has 8 heteroatoms. The summed E-state index contributed by atoms with van der Waals surface area (Å²) in [7, 11) is -1.63. The number of benzene rings is 2. The van der Waals surface area contributed by atoms with Crippen molar-refractivity contribution in [3.8, 4) is 0 Å². The summed E-state index contributed by atoms with van der Waals surface area (Å²) in [6.45, 7) is 4.85. The lowest BCUT2D eigenvalue weighted by atomic mass is 9.88. The summed E-state index contributed by atoms with van der Waals surface area (Å²) >= 11 is 18.2. The summed E-state index contributed by atoms with van der Waals surface area (Å²) in [5, 5.41) is 7.58. The van der Waals surface area contributed by atoms with Crippen molar-refractivity contribution in [2.45, 2.75) is 18.7 Å². The van der Waals surface area contributed by atoms with Gasteiger partial charge in [-0.2, -0.15) is 9.50 Å². The third-order valence-electron chi connectivity index (χ3n) is 4.28. The van der Waals surface area contributed by atoms with Crippen LogP contribution in [-0.2, 0) is 11.0 Å². The molecule has 0 bridgehead atoms. The first-order chi connectivity index (χ1) is 12.8. The maximum atomic E-state index is 12.4. The Morgan fingerprint density at radius 2 is 1.67 bits per heavy atom. The molecule has 0 spiro atoms. The summed E-state index contributed by atoms with van der Waals surface area (Å²) in [5.41, 5.74) is 1.91. The minimum absolute atomic E-state index is 0.0953. The molecular weight excluding hydrogens is 425 g/mol. The van der Waals surface area contributed by atoms with Gasteiger partial charge < -0.3 is 0 Å². The standard InChI is InChI=1S/C19H18Cl3N3OS/c1-12(2)17-11-25(23-18(17)13-3-5-14(20)6-4-13)19(22)24-27(26)16-9-7-15(21)8-10-16/h3-10,12,17H,11H2,1-2H3/b24-19-. The fourth-order valence-electron chi connectivity index (χ4n) is 2.77.